The molecular weight excluding hydrogens is 168 g/mol. The maximum atomic E-state index is 8.54. The quantitative estimate of drug-likeness (QED) is 0.701. The predicted molar refractivity (Wildman–Crippen MR) is 48.6 cm³/mol. The van der Waals surface area contributed by atoms with E-state index in [1.54, 1.807) is 11.8 Å². The van der Waals surface area contributed by atoms with Gasteiger partial charge >= 0.3 is 0 Å². The number of hydrogen-bond acceptors (Lipinski definition) is 2. The van der Waals surface area contributed by atoms with Crippen LogP contribution in [-0.2, 0) is 0 Å². The van der Waals surface area contributed by atoms with E-state index in [0.29, 0.717) is 5.25 Å². The molecule has 0 aromatic rings. The van der Waals surface area contributed by atoms with Crippen LogP contribution in [0.25, 0.3) is 0 Å². The smallest absolute Gasteiger partial charge is 0.0441 e. The van der Waals surface area contributed by atoms with Crippen LogP contribution in [-0.4, -0.2) is 22.7 Å². The monoisotopic (exact) mass is 180 g/mol. The molecule has 0 aliphatic heterocycles. The van der Waals surface area contributed by atoms with Gasteiger partial charge in [-0.05, 0) is 6.42 Å². The zero-order valence-electron chi connectivity index (χ0n) is 6.09. The second-order valence-corrected chi connectivity index (χ2v) is 3.74. The average molecular weight is 181 g/mol. The predicted octanol–water partition coefficient (Wildman–Crippen LogP) is 2.24. The Labute approximate surface area is 71.5 Å². The van der Waals surface area contributed by atoms with Crippen molar-refractivity contribution in [2.75, 3.05) is 12.4 Å². The van der Waals surface area contributed by atoms with Crippen molar-refractivity contribution in [2.45, 2.75) is 18.6 Å². The summed E-state index contributed by atoms with van der Waals surface area (Å²) in [5.74, 6) is 0.935. The summed E-state index contributed by atoms with van der Waals surface area (Å²) in [4.78, 5) is 0. The first-order valence-electron chi connectivity index (χ1n) is 3.29. The van der Waals surface area contributed by atoms with Crippen LogP contribution in [0.5, 0.6) is 0 Å². The van der Waals surface area contributed by atoms with Crippen molar-refractivity contribution in [3.05, 3.63) is 11.6 Å². The van der Waals surface area contributed by atoms with Gasteiger partial charge in [0.1, 0.15) is 0 Å². The van der Waals surface area contributed by atoms with Gasteiger partial charge in [0.15, 0.2) is 0 Å². The van der Waals surface area contributed by atoms with Gasteiger partial charge in [-0.1, -0.05) is 24.6 Å². The minimum absolute atomic E-state index is 0.277. The third-order valence-electron chi connectivity index (χ3n) is 1.10. The topological polar surface area (TPSA) is 20.2 Å². The number of rotatable bonds is 5. The molecule has 0 saturated heterocycles. The Morgan fingerprint density at radius 1 is 1.70 bits per heavy atom. The highest BCUT2D eigenvalue weighted by atomic mass is 35.5. The van der Waals surface area contributed by atoms with E-state index in [1.807, 2.05) is 6.08 Å². The Kier molecular flexibility index (Phi) is 7.70. The molecule has 1 N–H and O–H groups in total. The molecule has 1 unspecified atom stereocenters. The van der Waals surface area contributed by atoms with Gasteiger partial charge in [-0.25, -0.2) is 0 Å². The molecule has 0 aliphatic carbocycles. The molecule has 0 amide bonds. The van der Waals surface area contributed by atoms with Crippen LogP contribution < -0.4 is 0 Å². The van der Waals surface area contributed by atoms with E-state index in [4.69, 9.17) is 16.7 Å². The van der Waals surface area contributed by atoms with E-state index >= 15 is 0 Å². The van der Waals surface area contributed by atoms with Crippen molar-refractivity contribution in [1.29, 1.82) is 0 Å². The summed E-state index contributed by atoms with van der Waals surface area (Å²) in [7, 11) is 0. The molecule has 0 fully saturated rings. The van der Waals surface area contributed by atoms with Gasteiger partial charge in [-0.2, -0.15) is 11.8 Å². The minimum atomic E-state index is 0.277. The Bertz CT molecular complexity index is 95.6. The molecule has 0 spiro atoms. The molecule has 0 aromatic heterocycles. The molecule has 1 nitrogen and oxygen atoms in total. The molecule has 60 valence electrons. The summed E-state index contributed by atoms with van der Waals surface area (Å²) in [5.41, 5.74) is 1.53. The molecule has 0 bridgehead atoms. The third-order valence-corrected chi connectivity index (χ3v) is 2.47. The summed E-state index contributed by atoms with van der Waals surface area (Å²) in [6, 6.07) is 0. The lowest BCUT2D eigenvalue weighted by Gasteiger charge is -2.05. The van der Waals surface area contributed by atoms with Crippen LogP contribution >= 0.6 is 23.4 Å². The highest BCUT2D eigenvalue weighted by Crippen LogP contribution is 2.13. The largest absolute Gasteiger partial charge is 0.396 e. The summed E-state index contributed by atoms with van der Waals surface area (Å²) in [5, 5.41) is 9.06. The van der Waals surface area contributed by atoms with E-state index in [-0.39, 0.29) is 6.61 Å². The van der Waals surface area contributed by atoms with E-state index in [0.717, 1.165) is 12.2 Å². The van der Waals surface area contributed by atoms with Crippen LogP contribution in [0.15, 0.2) is 11.6 Å². The van der Waals surface area contributed by atoms with Crippen LogP contribution in [0.3, 0.4) is 0 Å². The molecule has 0 heterocycles. The summed E-state index contributed by atoms with van der Waals surface area (Å²) >= 11 is 7.11. The lowest BCUT2D eigenvalue weighted by atomic mass is 10.3. The number of thioether (sulfide) groups is 1. The van der Waals surface area contributed by atoms with Crippen molar-refractivity contribution in [2.24, 2.45) is 0 Å². The Hall–Kier alpha value is 0.340. The van der Waals surface area contributed by atoms with Gasteiger partial charge in [-0.15, -0.1) is 0 Å². The van der Waals surface area contributed by atoms with Crippen LogP contribution in [0.4, 0.5) is 0 Å². The van der Waals surface area contributed by atoms with Gasteiger partial charge in [-0.3, -0.25) is 0 Å². The highest BCUT2D eigenvalue weighted by molar-refractivity contribution is 8.00. The summed E-state index contributed by atoms with van der Waals surface area (Å²) in [6.45, 7) is 2.38. The second-order valence-electron chi connectivity index (χ2n) is 2.02. The van der Waals surface area contributed by atoms with Crippen molar-refractivity contribution in [1.82, 2.24) is 0 Å². The second kappa shape index (κ2) is 7.45. The summed E-state index contributed by atoms with van der Waals surface area (Å²) in [6.07, 6.45) is 2.76. The van der Waals surface area contributed by atoms with Gasteiger partial charge in [0.05, 0.1) is 0 Å². The average Bonchev–Trinajstić information content (AvgIpc) is 1.89. The van der Waals surface area contributed by atoms with Crippen molar-refractivity contribution < 1.29 is 5.11 Å². The molecular formula is C7H13ClOS. The Morgan fingerprint density at radius 3 is 2.90 bits per heavy atom. The van der Waals surface area contributed by atoms with Gasteiger partial charge in [0, 0.05) is 23.1 Å². The van der Waals surface area contributed by atoms with E-state index in [2.05, 4.69) is 6.92 Å². The molecule has 0 rings (SSSR count). The van der Waals surface area contributed by atoms with E-state index in [9.17, 15) is 0 Å². The van der Waals surface area contributed by atoms with Crippen LogP contribution in [0.2, 0.25) is 0 Å². The molecule has 0 saturated carbocycles. The van der Waals surface area contributed by atoms with Crippen molar-refractivity contribution >= 4 is 23.4 Å². The fourth-order valence-corrected chi connectivity index (χ4v) is 1.52. The van der Waals surface area contributed by atoms with Crippen LogP contribution in [0.1, 0.15) is 13.3 Å². The molecule has 0 aromatic carbocycles. The van der Waals surface area contributed by atoms with Crippen LogP contribution in [0, 0.1) is 0 Å². The Morgan fingerprint density at radius 2 is 2.40 bits per heavy atom. The number of aliphatic hydroxyl groups is 1. The van der Waals surface area contributed by atoms with Crippen molar-refractivity contribution in [3.8, 4) is 0 Å². The van der Waals surface area contributed by atoms with E-state index in [1.165, 1.54) is 5.54 Å². The third kappa shape index (κ3) is 6.46. The van der Waals surface area contributed by atoms with Crippen molar-refractivity contribution in [3.63, 3.8) is 0 Å². The number of hydrogen-bond donors (Lipinski definition) is 1. The maximum absolute atomic E-state index is 8.54. The first kappa shape index (κ1) is 10.3. The highest BCUT2D eigenvalue weighted by Gasteiger charge is 1.98. The Balaban J connectivity index is 3.12. The van der Waals surface area contributed by atoms with Gasteiger partial charge < -0.3 is 5.11 Å². The van der Waals surface area contributed by atoms with Gasteiger partial charge in [0.2, 0.25) is 0 Å². The fourth-order valence-electron chi connectivity index (χ4n) is 0.521. The zero-order chi connectivity index (χ0) is 7.82. The number of aliphatic hydroxyl groups excluding tert-OH is 1. The molecule has 3 heteroatoms. The first-order valence-corrected chi connectivity index (χ1v) is 4.77. The maximum Gasteiger partial charge on any atom is 0.0441 e. The SMILES string of the molecule is CC(CCO)SCC=CCl. The normalized spacial score (nSPS) is 14.3. The lowest BCUT2D eigenvalue weighted by Crippen LogP contribution is -1.99. The fraction of sp³-hybridized carbons (Fsp3) is 0.714. The summed E-state index contributed by atoms with van der Waals surface area (Å²) < 4.78 is 0. The minimum Gasteiger partial charge on any atom is -0.396 e. The molecule has 1 atom stereocenters. The zero-order valence-corrected chi connectivity index (χ0v) is 7.66. The van der Waals surface area contributed by atoms with E-state index < -0.39 is 0 Å². The molecule has 0 aliphatic rings. The van der Waals surface area contributed by atoms with Gasteiger partial charge in [0.25, 0.3) is 0 Å². The standard InChI is InChI=1S/C7H13ClOS/c1-7(3-5-9)10-6-2-4-8/h2,4,7,9H,3,5-6H2,1H3. The number of halogens is 1. The molecule has 0 radical (unpaired) electrons. The lowest BCUT2D eigenvalue weighted by molar-refractivity contribution is 0.289. The molecule has 10 heavy (non-hydrogen) atoms. The first-order chi connectivity index (χ1) is 4.81.